The topological polar surface area (TPSA) is 58.6 Å². The molecule has 5 nitrogen and oxygen atoms in total. The van der Waals surface area contributed by atoms with Crippen LogP contribution in [0.5, 0.6) is 5.75 Å². The number of nitrogens with zero attached hydrogens (tertiary/aromatic N) is 1. The predicted octanol–water partition coefficient (Wildman–Crippen LogP) is 4.04. The van der Waals surface area contributed by atoms with Gasteiger partial charge >= 0.3 is 6.03 Å². The first-order chi connectivity index (χ1) is 12.8. The number of methoxy groups -OCH3 is 1. The van der Waals surface area contributed by atoms with E-state index in [9.17, 15) is 14.0 Å². The highest BCUT2D eigenvalue weighted by Gasteiger charge is 2.47. The maximum atomic E-state index is 14.1. The van der Waals surface area contributed by atoms with Crippen molar-refractivity contribution in [3.63, 3.8) is 0 Å². The lowest BCUT2D eigenvalue weighted by Gasteiger charge is -2.22. The van der Waals surface area contributed by atoms with Crippen molar-refractivity contribution in [3.8, 4) is 5.75 Å². The maximum absolute atomic E-state index is 14.1. The summed E-state index contributed by atoms with van der Waals surface area (Å²) in [7, 11) is 1.60. The lowest BCUT2D eigenvalue weighted by molar-refractivity contribution is -0.131. The van der Waals surface area contributed by atoms with Crippen LogP contribution in [0.25, 0.3) is 0 Å². The minimum absolute atomic E-state index is 0.0953. The van der Waals surface area contributed by atoms with Gasteiger partial charge in [-0.1, -0.05) is 34.1 Å². The standard InChI is InChI=1S/C20H20BrFN2O3/c1-20(10-9-13-3-7-16(27-2)8-4-13)18(25)24(19(26)23-20)12-14-5-6-15(21)11-17(14)22/h3-8,11H,9-10,12H2,1-2H3,(H,23,26). The molecule has 1 aliphatic rings. The Balaban J connectivity index is 1.69. The van der Waals surface area contributed by atoms with Gasteiger partial charge in [-0.15, -0.1) is 0 Å². The fourth-order valence-electron chi connectivity index (χ4n) is 3.07. The van der Waals surface area contributed by atoms with Crippen molar-refractivity contribution in [2.75, 3.05) is 7.11 Å². The minimum Gasteiger partial charge on any atom is -0.497 e. The average molecular weight is 435 g/mol. The third kappa shape index (κ3) is 4.13. The van der Waals surface area contributed by atoms with Crippen LogP contribution in [-0.2, 0) is 17.8 Å². The zero-order valence-electron chi connectivity index (χ0n) is 15.1. The molecule has 1 unspecified atom stereocenters. The number of hydrogen-bond acceptors (Lipinski definition) is 3. The van der Waals surface area contributed by atoms with Crippen molar-refractivity contribution in [2.24, 2.45) is 0 Å². The Labute approximate surface area is 165 Å². The minimum atomic E-state index is -1.01. The second kappa shape index (κ2) is 7.68. The highest BCUT2D eigenvalue weighted by molar-refractivity contribution is 9.10. The summed E-state index contributed by atoms with van der Waals surface area (Å²) >= 11 is 3.19. The molecule has 7 heteroatoms. The Morgan fingerprint density at radius 2 is 1.89 bits per heavy atom. The molecule has 1 N–H and O–H groups in total. The van der Waals surface area contributed by atoms with E-state index in [0.717, 1.165) is 16.2 Å². The quantitative estimate of drug-likeness (QED) is 0.697. The summed E-state index contributed by atoms with van der Waals surface area (Å²) in [5.41, 5.74) is 0.320. The number of carbonyl (C=O) groups excluding carboxylic acids is 2. The summed E-state index contributed by atoms with van der Waals surface area (Å²) in [6, 6.07) is 11.6. The molecule has 27 heavy (non-hydrogen) atoms. The molecule has 2 aromatic carbocycles. The van der Waals surface area contributed by atoms with Crippen molar-refractivity contribution >= 4 is 27.9 Å². The number of imide groups is 1. The van der Waals surface area contributed by atoms with Crippen LogP contribution in [-0.4, -0.2) is 29.5 Å². The van der Waals surface area contributed by atoms with Gasteiger partial charge in [0.2, 0.25) is 0 Å². The Morgan fingerprint density at radius 1 is 1.19 bits per heavy atom. The monoisotopic (exact) mass is 434 g/mol. The van der Waals surface area contributed by atoms with Gasteiger partial charge in [-0.3, -0.25) is 9.69 Å². The molecule has 0 bridgehead atoms. The summed E-state index contributed by atoms with van der Waals surface area (Å²) in [6.45, 7) is 1.61. The molecule has 0 aromatic heterocycles. The van der Waals surface area contributed by atoms with Gasteiger partial charge in [0.15, 0.2) is 0 Å². The van der Waals surface area contributed by atoms with Crippen LogP contribution in [0.15, 0.2) is 46.9 Å². The molecule has 0 saturated carbocycles. The SMILES string of the molecule is COc1ccc(CCC2(C)NC(=O)N(Cc3ccc(Br)cc3F)C2=O)cc1. The van der Waals surface area contributed by atoms with Gasteiger partial charge in [0, 0.05) is 10.0 Å². The molecule has 3 amide bonds. The lowest BCUT2D eigenvalue weighted by atomic mass is 9.93. The molecular weight excluding hydrogens is 415 g/mol. The second-order valence-corrected chi connectivity index (χ2v) is 7.65. The number of aryl methyl sites for hydroxylation is 1. The van der Waals surface area contributed by atoms with Gasteiger partial charge in [-0.25, -0.2) is 9.18 Å². The van der Waals surface area contributed by atoms with E-state index < -0.39 is 17.4 Å². The van der Waals surface area contributed by atoms with E-state index >= 15 is 0 Å². The number of amides is 3. The van der Waals surface area contributed by atoms with E-state index in [1.807, 2.05) is 24.3 Å². The lowest BCUT2D eigenvalue weighted by Crippen LogP contribution is -2.44. The Kier molecular flexibility index (Phi) is 5.51. The van der Waals surface area contributed by atoms with E-state index in [4.69, 9.17) is 4.74 Å². The van der Waals surface area contributed by atoms with E-state index in [0.29, 0.717) is 22.9 Å². The van der Waals surface area contributed by atoms with Crippen LogP contribution in [0, 0.1) is 5.82 Å². The van der Waals surface area contributed by atoms with Crippen LogP contribution in [0.2, 0.25) is 0 Å². The molecule has 1 fully saturated rings. The molecule has 1 saturated heterocycles. The first-order valence-electron chi connectivity index (χ1n) is 8.53. The van der Waals surface area contributed by atoms with Crippen LogP contribution < -0.4 is 10.1 Å². The summed E-state index contributed by atoms with van der Waals surface area (Å²) in [5, 5.41) is 2.76. The number of nitrogens with one attached hydrogen (secondary N) is 1. The van der Waals surface area contributed by atoms with Gasteiger partial charge in [-0.05, 0) is 49.6 Å². The zero-order valence-corrected chi connectivity index (χ0v) is 16.7. The average Bonchev–Trinajstić information content (AvgIpc) is 2.86. The van der Waals surface area contributed by atoms with Crippen molar-refractivity contribution < 1.29 is 18.7 Å². The fraction of sp³-hybridized carbons (Fsp3) is 0.300. The molecular formula is C20H20BrFN2O3. The van der Waals surface area contributed by atoms with Crippen molar-refractivity contribution in [3.05, 3.63) is 63.9 Å². The Morgan fingerprint density at radius 3 is 2.52 bits per heavy atom. The third-order valence-corrected chi connectivity index (χ3v) is 5.25. The fourth-order valence-corrected chi connectivity index (χ4v) is 3.40. The highest BCUT2D eigenvalue weighted by atomic mass is 79.9. The van der Waals surface area contributed by atoms with Crippen molar-refractivity contribution in [2.45, 2.75) is 31.8 Å². The third-order valence-electron chi connectivity index (χ3n) is 4.76. The van der Waals surface area contributed by atoms with Crippen LogP contribution >= 0.6 is 15.9 Å². The molecule has 1 aliphatic heterocycles. The molecule has 1 atom stereocenters. The van der Waals surface area contributed by atoms with Crippen molar-refractivity contribution in [1.82, 2.24) is 10.2 Å². The normalized spacial score (nSPS) is 19.3. The summed E-state index contributed by atoms with van der Waals surface area (Å²) in [5.74, 6) is -0.0435. The van der Waals surface area contributed by atoms with Crippen molar-refractivity contribution in [1.29, 1.82) is 0 Å². The predicted molar refractivity (Wildman–Crippen MR) is 103 cm³/mol. The molecule has 2 aromatic rings. The highest BCUT2D eigenvalue weighted by Crippen LogP contribution is 2.26. The van der Waals surface area contributed by atoms with Crippen LogP contribution in [0.3, 0.4) is 0 Å². The first-order valence-corrected chi connectivity index (χ1v) is 9.33. The number of rotatable bonds is 6. The Bertz CT molecular complexity index is 872. The second-order valence-electron chi connectivity index (χ2n) is 6.74. The van der Waals surface area contributed by atoms with E-state index in [1.165, 1.54) is 6.07 Å². The summed E-state index contributed by atoms with van der Waals surface area (Å²) < 4.78 is 19.8. The largest absolute Gasteiger partial charge is 0.497 e. The van der Waals surface area contributed by atoms with E-state index in [2.05, 4.69) is 21.2 Å². The van der Waals surface area contributed by atoms with Crippen LogP contribution in [0.4, 0.5) is 9.18 Å². The maximum Gasteiger partial charge on any atom is 0.325 e. The van der Waals surface area contributed by atoms with E-state index in [-0.39, 0.29) is 12.5 Å². The number of carbonyl (C=O) groups is 2. The van der Waals surface area contributed by atoms with Crippen LogP contribution in [0.1, 0.15) is 24.5 Å². The molecule has 0 aliphatic carbocycles. The first kappa shape index (κ1) is 19.4. The number of benzene rings is 2. The van der Waals surface area contributed by atoms with Gasteiger partial charge < -0.3 is 10.1 Å². The summed E-state index contributed by atoms with van der Waals surface area (Å²) in [4.78, 5) is 26.2. The number of halogens is 2. The number of ether oxygens (including phenoxy) is 1. The molecule has 0 spiro atoms. The molecule has 3 rings (SSSR count). The van der Waals surface area contributed by atoms with Gasteiger partial charge in [0.05, 0.1) is 13.7 Å². The number of urea groups is 1. The molecule has 0 radical (unpaired) electrons. The number of hydrogen-bond donors (Lipinski definition) is 1. The van der Waals surface area contributed by atoms with Gasteiger partial charge in [0.1, 0.15) is 17.1 Å². The van der Waals surface area contributed by atoms with Gasteiger partial charge in [-0.2, -0.15) is 0 Å². The van der Waals surface area contributed by atoms with Gasteiger partial charge in [0.25, 0.3) is 5.91 Å². The van der Waals surface area contributed by atoms with E-state index in [1.54, 1.807) is 26.2 Å². The summed E-state index contributed by atoms with van der Waals surface area (Å²) in [6.07, 6.45) is 1.07. The molecule has 1 heterocycles. The molecule has 142 valence electrons. The smallest absolute Gasteiger partial charge is 0.325 e. The zero-order chi connectivity index (χ0) is 19.6. The Hall–Kier alpha value is -2.41.